The Balaban J connectivity index is 1.36. The maximum Gasteiger partial charge on any atom is 0.308 e. The Morgan fingerprint density at radius 3 is 1.63 bits per heavy atom. The van der Waals surface area contributed by atoms with Gasteiger partial charge in [0.25, 0.3) is 0 Å². The van der Waals surface area contributed by atoms with Gasteiger partial charge in [0.05, 0.1) is 42.5 Å². The summed E-state index contributed by atoms with van der Waals surface area (Å²) in [5.74, 6) is -2.65. The van der Waals surface area contributed by atoms with Crippen molar-refractivity contribution < 1.29 is 117 Å². The molecule has 0 amide bonds. The van der Waals surface area contributed by atoms with Crippen LogP contribution >= 0.6 is 0 Å². The SMILES string of the molecule is CCCCCCCCCCCC(=O)O[C@H]1[C@H](O[C@@H]2[C@H]3OC(=O)CCCCCCCCC[C@H](CCCCC)O[C@H]4O[C@H](C)[C@H](O)[C@H](O)[C@H]4O[C@H](O[C@H]2C)[C@@H]3O)O[C@@H](C)[C@H](O[C@@H]2O[C@@H](C)[C@H](OC(=O)C(C)C)[C@@H](O)[C@H]2O)[C@H]1O[C@@H]1O[C@@H](C)[C@H](O)[C@@H](O)[C@H]1O. The third kappa shape index (κ3) is 20.3. The second kappa shape index (κ2) is 36.1. The van der Waals surface area contributed by atoms with Crippen LogP contribution < -0.4 is 0 Å². The minimum absolute atomic E-state index is 0.0255. The summed E-state index contributed by atoms with van der Waals surface area (Å²) in [6.45, 7) is 15.1. The van der Waals surface area contributed by atoms with E-state index >= 15 is 0 Å². The van der Waals surface area contributed by atoms with E-state index in [-0.39, 0.29) is 18.9 Å². The summed E-state index contributed by atoms with van der Waals surface area (Å²) in [6.07, 6.45) is -19.5. The molecule has 8 N–H and O–H groups in total. The molecule has 2 bridgehead atoms. The predicted molar refractivity (Wildman–Crippen MR) is 306 cm³/mol. The zero-order valence-electron chi connectivity index (χ0n) is 52.5. The summed E-state index contributed by atoms with van der Waals surface area (Å²) in [7, 11) is 0. The molecule has 24 heteroatoms. The summed E-state index contributed by atoms with van der Waals surface area (Å²) in [5.41, 5.74) is 0. The van der Waals surface area contributed by atoms with E-state index in [9.17, 15) is 55.2 Å². The average Bonchev–Trinajstić information content (AvgIpc) is 2.40. The molecule has 6 saturated heterocycles. The van der Waals surface area contributed by atoms with Gasteiger partial charge in [-0.05, 0) is 60.3 Å². The molecule has 6 aliphatic rings. The van der Waals surface area contributed by atoms with Crippen LogP contribution in [0.25, 0.3) is 0 Å². The van der Waals surface area contributed by atoms with Crippen LogP contribution in [-0.4, -0.2) is 218 Å². The maximum absolute atomic E-state index is 14.3. The van der Waals surface area contributed by atoms with Gasteiger partial charge in [-0.25, -0.2) is 0 Å². The highest BCUT2D eigenvalue weighted by Gasteiger charge is 2.58. The quantitative estimate of drug-likeness (QED) is 0.0381. The Hall–Kier alpha value is -2.31. The van der Waals surface area contributed by atoms with Gasteiger partial charge >= 0.3 is 17.9 Å². The van der Waals surface area contributed by atoms with E-state index in [0.29, 0.717) is 19.3 Å². The Morgan fingerprint density at radius 2 is 0.965 bits per heavy atom. The average molecular weight is 1240 g/mol. The second-order valence-electron chi connectivity index (χ2n) is 25.2. The van der Waals surface area contributed by atoms with Crippen LogP contribution in [0.5, 0.6) is 0 Å². The number of esters is 3. The summed E-state index contributed by atoms with van der Waals surface area (Å²) >= 11 is 0. The summed E-state index contributed by atoms with van der Waals surface area (Å²) in [6, 6.07) is 0. The van der Waals surface area contributed by atoms with E-state index in [1.54, 1.807) is 27.7 Å². The van der Waals surface area contributed by atoms with Gasteiger partial charge in [-0.15, -0.1) is 0 Å². The first-order valence-electron chi connectivity index (χ1n) is 32.6. The summed E-state index contributed by atoms with van der Waals surface area (Å²) in [4.78, 5) is 41.1. The van der Waals surface area contributed by atoms with Crippen LogP contribution in [0.3, 0.4) is 0 Å². The highest BCUT2D eigenvalue weighted by Crippen LogP contribution is 2.39. The minimum Gasteiger partial charge on any atom is -0.457 e. The van der Waals surface area contributed by atoms with E-state index in [2.05, 4.69) is 13.8 Å². The molecule has 6 heterocycles. The first-order chi connectivity index (χ1) is 41.1. The Bertz CT molecular complexity index is 1970. The van der Waals surface area contributed by atoms with Crippen molar-refractivity contribution in [3.8, 4) is 0 Å². The van der Waals surface area contributed by atoms with Crippen LogP contribution in [-0.2, 0) is 76.0 Å². The van der Waals surface area contributed by atoms with Gasteiger partial charge in [-0.2, -0.15) is 0 Å². The fraction of sp³-hybridized carbons (Fsp3) is 0.952. The molecular weight excluding hydrogens is 1130 g/mol. The first-order valence-corrected chi connectivity index (χ1v) is 32.6. The van der Waals surface area contributed by atoms with E-state index in [0.717, 1.165) is 109 Å². The highest BCUT2D eigenvalue weighted by atomic mass is 16.8. The fourth-order valence-electron chi connectivity index (χ4n) is 12.1. The smallest absolute Gasteiger partial charge is 0.308 e. The maximum atomic E-state index is 14.3. The van der Waals surface area contributed by atoms with Gasteiger partial charge in [-0.3, -0.25) is 14.4 Å². The molecule has 0 saturated carbocycles. The Morgan fingerprint density at radius 1 is 0.453 bits per heavy atom. The van der Waals surface area contributed by atoms with Crippen LogP contribution in [0.1, 0.15) is 210 Å². The number of hydrogen-bond acceptors (Lipinski definition) is 24. The molecule has 0 unspecified atom stereocenters. The van der Waals surface area contributed by atoms with Crippen molar-refractivity contribution in [2.24, 2.45) is 5.92 Å². The van der Waals surface area contributed by atoms with Crippen LogP contribution in [0, 0.1) is 5.92 Å². The van der Waals surface area contributed by atoms with Crippen LogP contribution in [0.4, 0.5) is 0 Å². The monoisotopic (exact) mass is 1240 g/mol. The normalized spacial score (nSPS) is 41.7. The minimum atomic E-state index is -1.91. The van der Waals surface area contributed by atoms with Gasteiger partial charge in [0.15, 0.2) is 49.8 Å². The van der Waals surface area contributed by atoms with E-state index in [4.69, 9.17) is 61.6 Å². The number of fused-ring (bicyclic) bond motifs is 3. The standard InChI is InChI=1S/C62H108O24/c1-10-12-14-15-16-17-20-23-28-32-41(64)81-56-55(86-58-47(70)44(67)42(65)34(5)74-58)52(83-59-48(71)46(69)50(36(7)76-59)82-57(73)33(3)4)38(9)78-62(56)84-51-37(8)77-60-49(72)53(51)80-40(63)31-27-24-21-18-19-22-26-30-39(29-25-13-11-2)79-61-54(85-60)45(68)43(66)35(6)75-61/h33-39,42-56,58-62,65-72H,10-32H2,1-9H3/t34-,35+,36-,37-,38-,39-,42-,43-,44+,45-,46-,47+,48+,49+,50-,51-,52-,53-,54+,55+,56+,58-,59-,60-,61+,62-/m0/s1. The molecule has 0 aromatic heterocycles. The largest absolute Gasteiger partial charge is 0.457 e. The molecule has 6 fully saturated rings. The van der Waals surface area contributed by atoms with E-state index in [1.807, 2.05) is 0 Å². The molecule has 500 valence electrons. The molecule has 24 nitrogen and oxygen atoms in total. The molecule has 0 aromatic carbocycles. The molecule has 0 aliphatic carbocycles. The number of ether oxygens (including phenoxy) is 13. The number of unbranched alkanes of at least 4 members (excludes halogenated alkanes) is 10. The number of aliphatic hydroxyl groups excluding tert-OH is 8. The lowest BCUT2D eigenvalue weighted by Crippen LogP contribution is -2.68. The number of hydrogen-bond donors (Lipinski definition) is 8. The van der Waals surface area contributed by atoms with Crippen molar-refractivity contribution in [2.45, 2.75) is 370 Å². The zero-order chi connectivity index (χ0) is 62.8. The third-order valence-electron chi connectivity index (χ3n) is 17.6. The molecule has 0 spiro atoms. The van der Waals surface area contributed by atoms with Crippen molar-refractivity contribution in [1.29, 1.82) is 0 Å². The Labute approximate surface area is 508 Å². The molecule has 0 radical (unpaired) electrons. The summed E-state index contributed by atoms with van der Waals surface area (Å²) < 4.78 is 82.3. The molecule has 86 heavy (non-hydrogen) atoms. The molecule has 26 atom stereocenters. The summed E-state index contributed by atoms with van der Waals surface area (Å²) in [5, 5.41) is 91.7. The van der Waals surface area contributed by atoms with Crippen molar-refractivity contribution in [2.75, 3.05) is 0 Å². The van der Waals surface area contributed by atoms with Crippen molar-refractivity contribution in [3.63, 3.8) is 0 Å². The van der Waals surface area contributed by atoms with Gasteiger partial charge in [-0.1, -0.05) is 137 Å². The molecule has 6 rings (SSSR count). The van der Waals surface area contributed by atoms with E-state index in [1.165, 1.54) is 27.2 Å². The highest BCUT2D eigenvalue weighted by molar-refractivity contribution is 5.72. The van der Waals surface area contributed by atoms with Crippen LogP contribution in [0.2, 0.25) is 0 Å². The lowest BCUT2D eigenvalue weighted by molar-refractivity contribution is -0.399. The van der Waals surface area contributed by atoms with Crippen molar-refractivity contribution in [1.82, 2.24) is 0 Å². The van der Waals surface area contributed by atoms with Crippen molar-refractivity contribution >= 4 is 17.9 Å². The second-order valence-corrected chi connectivity index (χ2v) is 25.2. The topological polar surface area (TPSA) is 333 Å². The molecular formula is C62H108O24. The zero-order valence-corrected chi connectivity index (χ0v) is 52.5. The van der Waals surface area contributed by atoms with E-state index < -0.39 is 177 Å². The fourth-order valence-corrected chi connectivity index (χ4v) is 12.1. The van der Waals surface area contributed by atoms with Crippen molar-refractivity contribution in [3.05, 3.63) is 0 Å². The number of carbonyl (C=O) groups excluding carboxylic acids is 3. The molecule has 6 aliphatic heterocycles. The van der Waals surface area contributed by atoms with Crippen LogP contribution in [0.15, 0.2) is 0 Å². The lowest BCUT2D eigenvalue weighted by Gasteiger charge is -2.51. The lowest BCUT2D eigenvalue weighted by atomic mass is 9.95. The molecule has 0 aromatic rings. The number of aliphatic hydroxyl groups is 8. The first kappa shape index (κ1) is 72.7. The number of carbonyl (C=O) groups is 3. The van der Waals surface area contributed by atoms with Gasteiger partial charge in [0.1, 0.15) is 73.2 Å². The van der Waals surface area contributed by atoms with Gasteiger partial charge in [0, 0.05) is 12.8 Å². The number of rotatable bonds is 23. The predicted octanol–water partition coefficient (Wildman–Crippen LogP) is 4.94. The third-order valence-corrected chi connectivity index (χ3v) is 17.6. The van der Waals surface area contributed by atoms with Gasteiger partial charge in [0.2, 0.25) is 0 Å². The van der Waals surface area contributed by atoms with Gasteiger partial charge < -0.3 is 102 Å². The Kier molecular flexibility index (Phi) is 30.5.